The molecule has 7 nitrogen and oxygen atoms in total. The monoisotopic (exact) mass is 515 g/mol. The summed E-state index contributed by atoms with van der Waals surface area (Å²) in [6.07, 6.45) is -5.07. The van der Waals surface area contributed by atoms with Crippen LogP contribution in [0.2, 0.25) is 0 Å². The van der Waals surface area contributed by atoms with Gasteiger partial charge in [0.2, 0.25) is 5.82 Å². The molecule has 0 aliphatic carbocycles. The van der Waals surface area contributed by atoms with Crippen molar-refractivity contribution >= 4 is 11.6 Å². The number of benzene rings is 1. The van der Waals surface area contributed by atoms with Crippen LogP contribution in [0.3, 0.4) is 0 Å². The first-order valence-electron chi connectivity index (χ1n) is 11.3. The number of hydrogen-bond acceptors (Lipinski definition) is 6. The number of carbonyl (C=O) groups is 1. The topological polar surface area (TPSA) is 81.7 Å². The Kier molecular flexibility index (Phi) is 7.22. The summed E-state index contributed by atoms with van der Waals surface area (Å²) in [5.74, 6) is -6.68. The predicted octanol–water partition coefficient (Wildman–Crippen LogP) is 4.11. The highest BCUT2D eigenvalue weighted by Gasteiger charge is 2.65. The van der Waals surface area contributed by atoms with Gasteiger partial charge in [-0.1, -0.05) is 13.0 Å². The largest absolute Gasteiger partial charge is 0.493 e. The summed E-state index contributed by atoms with van der Waals surface area (Å²) >= 11 is 0. The molecule has 2 saturated heterocycles. The normalized spacial score (nSPS) is 28.7. The number of anilines is 1. The van der Waals surface area contributed by atoms with Crippen molar-refractivity contribution in [1.82, 2.24) is 10.3 Å². The average molecular weight is 515 g/mol. The van der Waals surface area contributed by atoms with Gasteiger partial charge in [0.15, 0.2) is 17.2 Å². The highest BCUT2D eigenvalue weighted by molar-refractivity contribution is 5.95. The molecule has 0 saturated carbocycles. The zero-order valence-electron chi connectivity index (χ0n) is 19.8. The quantitative estimate of drug-likeness (QED) is 0.584. The maximum atomic E-state index is 14.5. The van der Waals surface area contributed by atoms with E-state index in [9.17, 15) is 26.7 Å². The van der Waals surface area contributed by atoms with Crippen LogP contribution in [0, 0.1) is 17.6 Å². The third-order valence-corrected chi connectivity index (χ3v) is 6.90. The summed E-state index contributed by atoms with van der Waals surface area (Å²) in [4.78, 5) is 17.6. The lowest BCUT2D eigenvalue weighted by Crippen LogP contribution is -2.47. The van der Waals surface area contributed by atoms with E-state index in [1.54, 1.807) is 6.07 Å². The van der Waals surface area contributed by atoms with Crippen LogP contribution in [-0.2, 0) is 14.3 Å². The molecule has 2 aliphatic heterocycles. The molecule has 1 aromatic carbocycles. The number of aromatic nitrogens is 1. The molecule has 196 valence electrons. The van der Waals surface area contributed by atoms with Crippen LogP contribution >= 0.6 is 0 Å². The minimum atomic E-state index is -4.85. The summed E-state index contributed by atoms with van der Waals surface area (Å²) in [6.45, 7) is 3.63. The lowest BCUT2D eigenvalue weighted by molar-refractivity contribution is -0.272. The molecule has 2 N–H and O–H groups in total. The van der Waals surface area contributed by atoms with Gasteiger partial charge in [-0.3, -0.25) is 9.78 Å². The Morgan fingerprint density at radius 1 is 1.28 bits per heavy atom. The smallest absolute Gasteiger partial charge is 0.417 e. The molecular formula is C24H26F5N3O4. The van der Waals surface area contributed by atoms with Crippen molar-refractivity contribution in [3.63, 3.8) is 0 Å². The molecule has 2 fully saturated rings. The highest BCUT2D eigenvalue weighted by Crippen LogP contribution is 2.55. The number of alkyl halides is 3. The third-order valence-electron chi connectivity index (χ3n) is 6.90. The van der Waals surface area contributed by atoms with E-state index in [0.717, 1.165) is 26.2 Å². The van der Waals surface area contributed by atoms with Gasteiger partial charge >= 0.3 is 6.18 Å². The second-order valence-electron chi connectivity index (χ2n) is 8.98. The molecule has 2 aliphatic rings. The Bertz CT molecular complexity index is 1130. The van der Waals surface area contributed by atoms with Crippen molar-refractivity contribution in [2.24, 2.45) is 5.92 Å². The Hall–Kier alpha value is -2.83. The molecule has 2 aromatic rings. The van der Waals surface area contributed by atoms with Crippen LogP contribution in [0.25, 0.3) is 0 Å². The maximum Gasteiger partial charge on any atom is 0.417 e. The minimum Gasteiger partial charge on any atom is -0.493 e. The maximum absolute atomic E-state index is 14.5. The molecule has 0 spiro atoms. The SMILES string of the molecule is COc1c([C@H]2[C@H](C(=O)Nc3ccnc([C@H]4COCCN4)c3)O[C@@](C)(C(F)(F)F)[C@H]2C)ccc(F)c1F. The number of morpholine rings is 1. The second-order valence-corrected chi connectivity index (χ2v) is 8.98. The predicted molar refractivity (Wildman–Crippen MR) is 119 cm³/mol. The fraction of sp³-hybridized carbons (Fsp3) is 0.500. The minimum absolute atomic E-state index is 0.101. The number of amides is 1. The van der Waals surface area contributed by atoms with E-state index in [4.69, 9.17) is 14.2 Å². The van der Waals surface area contributed by atoms with Crippen molar-refractivity contribution in [2.75, 3.05) is 32.2 Å². The molecule has 4 rings (SSSR count). The number of pyridine rings is 1. The van der Waals surface area contributed by atoms with Gasteiger partial charge in [0, 0.05) is 35.8 Å². The molecule has 0 unspecified atom stereocenters. The molecule has 36 heavy (non-hydrogen) atoms. The van der Waals surface area contributed by atoms with Gasteiger partial charge in [0.05, 0.1) is 32.1 Å². The zero-order valence-corrected chi connectivity index (χ0v) is 19.8. The van der Waals surface area contributed by atoms with Crippen molar-refractivity contribution in [3.05, 3.63) is 53.4 Å². The zero-order chi connectivity index (χ0) is 26.3. The first kappa shape index (κ1) is 26.2. The van der Waals surface area contributed by atoms with Crippen molar-refractivity contribution in [2.45, 2.75) is 43.7 Å². The number of halogens is 5. The third kappa shape index (κ3) is 4.64. The Morgan fingerprint density at radius 2 is 2.03 bits per heavy atom. The van der Waals surface area contributed by atoms with E-state index < -0.39 is 53.0 Å². The summed E-state index contributed by atoms with van der Waals surface area (Å²) in [7, 11) is 1.07. The van der Waals surface area contributed by atoms with Crippen LogP contribution in [0.15, 0.2) is 30.5 Å². The number of nitrogens with one attached hydrogen (secondary N) is 2. The highest BCUT2D eigenvalue weighted by atomic mass is 19.4. The van der Waals surface area contributed by atoms with Crippen LogP contribution in [-0.4, -0.2) is 55.6 Å². The number of rotatable bonds is 5. The van der Waals surface area contributed by atoms with E-state index in [2.05, 4.69) is 15.6 Å². The first-order valence-corrected chi connectivity index (χ1v) is 11.3. The van der Waals surface area contributed by atoms with E-state index in [0.29, 0.717) is 25.5 Å². The van der Waals surface area contributed by atoms with Crippen LogP contribution in [0.1, 0.15) is 37.1 Å². The Labute approximate surface area is 204 Å². The van der Waals surface area contributed by atoms with Crippen LogP contribution < -0.4 is 15.4 Å². The molecule has 5 atom stereocenters. The fourth-order valence-electron chi connectivity index (χ4n) is 4.73. The van der Waals surface area contributed by atoms with Gasteiger partial charge in [-0.2, -0.15) is 17.6 Å². The van der Waals surface area contributed by atoms with Gasteiger partial charge in [0.25, 0.3) is 5.91 Å². The van der Waals surface area contributed by atoms with E-state index in [-0.39, 0.29) is 17.3 Å². The number of ether oxygens (including phenoxy) is 3. The van der Waals surface area contributed by atoms with Crippen LogP contribution in [0.5, 0.6) is 5.75 Å². The van der Waals surface area contributed by atoms with E-state index in [1.807, 2.05) is 0 Å². The van der Waals surface area contributed by atoms with Crippen molar-refractivity contribution < 1.29 is 41.0 Å². The van der Waals surface area contributed by atoms with Crippen molar-refractivity contribution in [1.29, 1.82) is 0 Å². The molecule has 3 heterocycles. The van der Waals surface area contributed by atoms with Crippen LogP contribution in [0.4, 0.5) is 27.6 Å². The van der Waals surface area contributed by atoms with Gasteiger partial charge in [-0.25, -0.2) is 4.39 Å². The first-order chi connectivity index (χ1) is 17.0. The second kappa shape index (κ2) is 9.91. The fourth-order valence-corrected chi connectivity index (χ4v) is 4.73. The average Bonchev–Trinajstić information content (AvgIpc) is 3.13. The number of nitrogens with zero attached hydrogens (tertiary/aromatic N) is 1. The Balaban J connectivity index is 1.69. The Morgan fingerprint density at radius 3 is 2.67 bits per heavy atom. The van der Waals surface area contributed by atoms with Crippen molar-refractivity contribution in [3.8, 4) is 5.75 Å². The van der Waals surface area contributed by atoms with E-state index in [1.165, 1.54) is 19.2 Å². The molecule has 0 bridgehead atoms. The number of methoxy groups -OCH3 is 1. The lowest BCUT2D eigenvalue weighted by atomic mass is 9.77. The number of carbonyl (C=O) groups excluding carboxylic acids is 1. The lowest BCUT2D eigenvalue weighted by Gasteiger charge is -2.32. The molecule has 0 radical (unpaired) electrons. The van der Waals surface area contributed by atoms with Gasteiger partial charge in [-0.05, 0) is 25.1 Å². The summed E-state index contributed by atoms with van der Waals surface area (Å²) in [5.41, 5.74) is -1.98. The summed E-state index contributed by atoms with van der Waals surface area (Å²) in [5, 5.41) is 5.81. The standard InChI is InChI=1S/C24H26F5N3O4/c1-12-18(14-4-5-15(25)19(26)20(14)34-3)21(36-23(12,2)24(27,28)29)22(33)32-13-6-7-30-16(10-13)17-11-35-9-8-31-17/h4-7,10,12,17-18,21,31H,8-9,11H2,1-3H3,(H,30,32,33)/t12-,17+,18-,21+,23+/m0/s1. The van der Waals surface area contributed by atoms with E-state index >= 15 is 0 Å². The number of hydrogen-bond donors (Lipinski definition) is 2. The molecule has 1 aromatic heterocycles. The van der Waals surface area contributed by atoms with Gasteiger partial charge in [-0.15, -0.1) is 0 Å². The van der Waals surface area contributed by atoms with Gasteiger partial charge in [0.1, 0.15) is 6.10 Å². The molecular weight excluding hydrogens is 489 g/mol. The van der Waals surface area contributed by atoms with Gasteiger partial charge < -0.3 is 24.8 Å². The summed E-state index contributed by atoms with van der Waals surface area (Å²) in [6, 6.07) is 4.75. The summed E-state index contributed by atoms with van der Waals surface area (Å²) < 4.78 is 86.4. The molecule has 1 amide bonds. The molecule has 12 heteroatoms.